The molecule has 1 aromatic carbocycles. The van der Waals surface area contributed by atoms with Crippen LogP contribution in [0.25, 0.3) is 0 Å². The first-order chi connectivity index (χ1) is 9.86. The molecule has 5 nitrogen and oxygen atoms in total. The molecule has 0 saturated heterocycles. The van der Waals surface area contributed by atoms with Gasteiger partial charge in [0.25, 0.3) is 0 Å². The van der Waals surface area contributed by atoms with E-state index in [4.69, 9.17) is 5.73 Å². The van der Waals surface area contributed by atoms with Crippen LogP contribution >= 0.6 is 0 Å². The molecule has 0 atom stereocenters. The van der Waals surface area contributed by atoms with Gasteiger partial charge in [0, 0.05) is 19.3 Å². The number of benzene rings is 1. The lowest BCUT2D eigenvalue weighted by molar-refractivity contribution is 0.0558. The number of anilines is 2. The SMILES string of the molecule is COC(=O)c1cc(N(C)CC2(O)CCCC2)c(F)cc1N. The van der Waals surface area contributed by atoms with Gasteiger partial charge in [-0.05, 0) is 25.0 Å². The Balaban J connectivity index is 2.27. The van der Waals surface area contributed by atoms with Crippen molar-refractivity contribution in [1.29, 1.82) is 0 Å². The molecule has 6 heteroatoms. The summed E-state index contributed by atoms with van der Waals surface area (Å²) in [6, 6.07) is 2.48. The van der Waals surface area contributed by atoms with Gasteiger partial charge in [-0.2, -0.15) is 0 Å². The number of nitrogens with zero attached hydrogens (tertiary/aromatic N) is 1. The van der Waals surface area contributed by atoms with Crippen LogP contribution in [0.3, 0.4) is 0 Å². The molecule has 0 aliphatic heterocycles. The lowest BCUT2D eigenvalue weighted by Crippen LogP contribution is -2.39. The number of rotatable bonds is 4. The van der Waals surface area contributed by atoms with E-state index in [0.717, 1.165) is 18.9 Å². The van der Waals surface area contributed by atoms with E-state index in [9.17, 15) is 14.3 Å². The molecule has 1 fully saturated rings. The summed E-state index contributed by atoms with van der Waals surface area (Å²) in [4.78, 5) is 13.3. The Kier molecular flexibility index (Phi) is 4.37. The summed E-state index contributed by atoms with van der Waals surface area (Å²) in [6.07, 6.45) is 3.36. The minimum atomic E-state index is -0.798. The molecule has 2 rings (SSSR count). The van der Waals surface area contributed by atoms with Crippen LogP contribution in [-0.4, -0.2) is 37.4 Å². The number of likely N-dealkylation sites (N-methyl/N-ethyl adjacent to an activating group) is 1. The minimum absolute atomic E-state index is 0.0380. The van der Waals surface area contributed by atoms with Crippen molar-refractivity contribution in [3.63, 3.8) is 0 Å². The quantitative estimate of drug-likeness (QED) is 0.656. The van der Waals surface area contributed by atoms with Gasteiger partial charge in [-0.3, -0.25) is 0 Å². The monoisotopic (exact) mass is 296 g/mol. The van der Waals surface area contributed by atoms with Gasteiger partial charge in [-0.1, -0.05) is 12.8 Å². The number of nitrogens with two attached hydrogens (primary N) is 1. The van der Waals surface area contributed by atoms with Crippen molar-refractivity contribution >= 4 is 17.3 Å². The highest BCUT2D eigenvalue weighted by molar-refractivity contribution is 5.96. The number of ether oxygens (including phenoxy) is 1. The number of methoxy groups -OCH3 is 1. The van der Waals surface area contributed by atoms with Crippen LogP contribution in [0, 0.1) is 5.82 Å². The summed E-state index contributed by atoms with van der Waals surface area (Å²) in [6.45, 7) is 0.314. The van der Waals surface area contributed by atoms with Gasteiger partial charge in [0.15, 0.2) is 0 Å². The average Bonchev–Trinajstić information content (AvgIpc) is 2.84. The molecule has 0 heterocycles. The lowest BCUT2D eigenvalue weighted by Gasteiger charge is -2.30. The number of carbonyl (C=O) groups excluding carboxylic acids is 1. The Labute approximate surface area is 123 Å². The second-order valence-corrected chi connectivity index (χ2v) is 5.67. The number of carbonyl (C=O) groups is 1. The predicted molar refractivity (Wildman–Crippen MR) is 78.8 cm³/mol. The first-order valence-electron chi connectivity index (χ1n) is 6.97. The van der Waals surface area contributed by atoms with Gasteiger partial charge in [-0.25, -0.2) is 9.18 Å². The number of hydrogen-bond acceptors (Lipinski definition) is 5. The molecule has 0 spiro atoms. The first-order valence-corrected chi connectivity index (χ1v) is 6.97. The van der Waals surface area contributed by atoms with Crippen molar-refractivity contribution in [3.8, 4) is 0 Å². The number of hydrogen-bond donors (Lipinski definition) is 2. The summed E-state index contributed by atoms with van der Waals surface area (Å²) in [7, 11) is 2.93. The van der Waals surface area contributed by atoms with Crippen molar-refractivity contribution in [3.05, 3.63) is 23.5 Å². The van der Waals surface area contributed by atoms with E-state index in [0.29, 0.717) is 19.4 Å². The fourth-order valence-electron chi connectivity index (χ4n) is 2.87. The molecule has 0 unspecified atom stereocenters. The summed E-state index contributed by atoms with van der Waals surface area (Å²) in [5, 5.41) is 10.4. The molecule has 0 radical (unpaired) electrons. The van der Waals surface area contributed by atoms with E-state index >= 15 is 0 Å². The number of esters is 1. The Morgan fingerprint density at radius 3 is 2.67 bits per heavy atom. The van der Waals surface area contributed by atoms with Gasteiger partial charge in [0.1, 0.15) is 5.82 Å². The summed E-state index contributed by atoms with van der Waals surface area (Å²) >= 11 is 0. The van der Waals surface area contributed by atoms with Crippen LogP contribution in [-0.2, 0) is 4.74 Å². The highest BCUT2D eigenvalue weighted by atomic mass is 19.1. The Morgan fingerprint density at radius 1 is 1.48 bits per heavy atom. The normalized spacial score (nSPS) is 16.8. The van der Waals surface area contributed by atoms with Crippen LogP contribution in [0.5, 0.6) is 0 Å². The molecule has 0 bridgehead atoms. The number of nitrogen functional groups attached to an aromatic ring is 1. The lowest BCUT2D eigenvalue weighted by atomic mass is 10.0. The molecule has 0 aromatic heterocycles. The molecule has 1 aliphatic rings. The van der Waals surface area contributed by atoms with Crippen LogP contribution in [0.4, 0.5) is 15.8 Å². The van der Waals surface area contributed by atoms with E-state index in [1.165, 1.54) is 13.2 Å². The molecular weight excluding hydrogens is 275 g/mol. The first kappa shape index (κ1) is 15.6. The van der Waals surface area contributed by atoms with Crippen LogP contribution in [0.2, 0.25) is 0 Å². The van der Waals surface area contributed by atoms with E-state index in [2.05, 4.69) is 4.74 Å². The van der Waals surface area contributed by atoms with Crippen molar-refractivity contribution in [2.45, 2.75) is 31.3 Å². The van der Waals surface area contributed by atoms with E-state index < -0.39 is 17.4 Å². The Morgan fingerprint density at radius 2 is 2.10 bits per heavy atom. The Bertz CT molecular complexity index is 542. The highest BCUT2D eigenvalue weighted by Crippen LogP contribution is 2.32. The van der Waals surface area contributed by atoms with E-state index in [-0.39, 0.29) is 16.9 Å². The Hall–Kier alpha value is -1.82. The van der Waals surface area contributed by atoms with Crippen molar-refractivity contribution < 1.29 is 19.0 Å². The highest BCUT2D eigenvalue weighted by Gasteiger charge is 2.33. The van der Waals surface area contributed by atoms with Gasteiger partial charge in [-0.15, -0.1) is 0 Å². The summed E-state index contributed by atoms with van der Waals surface area (Å²) in [5.41, 5.74) is 5.24. The number of halogens is 1. The zero-order chi connectivity index (χ0) is 15.6. The van der Waals surface area contributed by atoms with E-state index in [1.54, 1.807) is 11.9 Å². The third-order valence-electron chi connectivity index (χ3n) is 4.00. The fraction of sp³-hybridized carbons (Fsp3) is 0.533. The largest absolute Gasteiger partial charge is 0.465 e. The fourth-order valence-corrected chi connectivity index (χ4v) is 2.87. The van der Waals surface area contributed by atoms with Gasteiger partial charge < -0.3 is 20.5 Å². The van der Waals surface area contributed by atoms with E-state index in [1.807, 2.05) is 0 Å². The molecule has 1 aliphatic carbocycles. The van der Waals surface area contributed by atoms with Crippen molar-refractivity contribution in [1.82, 2.24) is 0 Å². The predicted octanol–water partition coefficient (Wildman–Crippen LogP) is 1.94. The minimum Gasteiger partial charge on any atom is -0.465 e. The zero-order valence-corrected chi connectivity index (χ0v) is 12.4. The third-order valence-corrected chi connectivity index (χ3v) is 4.00. The second-order valence-electron chi connectivity index (χ2n) is 5.67. The summed E-state index contributed by atoms with van der Waals surface area (Å²) in [5.74, 6) is -1.13. The van der Waals surface area contributed by atoms with Gasteiger partial charge >= 0.3 is 5.97 Å². The third kappa shape index (κ3) is 3.26. The molecule has 116 valence electrons. The molecule has 21 heavy (non-hydrogen) atoms. The average molecular weight is 296 g/mol. The molecule has 1 aromatic rings. The topological polar surface area (TPSA) is 75.8 Å². The molecule has 3 N–H and O–H groups in total. The molecule has 0 amide bonds. The van der Waals surface area contributed by atoms with Crippen LogP contribution in [0.1, 0.15) is 36.0 Å². The standard InChI is InChI=1S/C15H21FN2O3/c1-18(9-15(20)5-3-4-6-15)13-7-10(14(19)21-2)12(17)8-11(13)16/h7-8,20H,3-6,9,17H2,1-2H3. The zero-order valence-electron chi connectivity index (χ0n) is 12.4. The smallest absolute Gasteiger partial charge is 0.340 e. The maximum Gasteiger partial charge on any atom is 0.340 e. The van der Waals surface area contributed by atoms with Crippen LogP contribution < -0.4 is 10.6 Å². The number of aliphatic hydroxyl groups is 1. The maximum atomic E-state index is 14.1. The molecular formula is C15H21FN2O3. The van der Waals surface area contributed by atoms with Gasteiger partial charge in [0.2, 0.25) is 0 Å². The van der Waals surface area contributed by atoms with Crippen molar-refractivity contribution in [2.24, 2.45) is 0 Å². The van der Waals surface area contributed by atoms with Crippen LogP contribution in [0.15, 0.2) is 12.1 Å². The van der Waals surface area contributed by atoms with Crippen molar-refractivity contribution in [2.75, 3.05) is 31.3 Å². The molecule has 1 saturated carbocycles. The second kappa shape index (κ2) is 5.89. The van der Waals surface area contributed by atoms with Gasteiger partial charge in [0.05, 0.1) is 24.0 Å². The maximum absolute atomic E-state index is 14.1. The summed E-state index contributed by atoms with van der Waals surface area (Å²) < 4.78 is 18.7.